The van der Waals surface area contributed by atoms with Crippen molar-refractivity contribution in [2.75, 3.05) is 5.73 Å². The van der Waals surface area contributed by atoms with Gasteiger partial charge >= 0.3 is 0 Å². The van der Waals surface area contributed by atoms with Crippen LogP contribution in [-0.4, -0.2) is 10.1 Å². The summed E-state index contributed by atoms with van der Waals surface area (Å²) < 4.78 is 6.35. The Hall–Kier alpha value is -2.14. The minimum atomic E-state index is 0.551. The highest BCUT2D eigenvalue weighted by Crippen LogP contribution is 2.19. The molecule has 0 saturated heterocycles. The second-order valence-electron chi connectivity index (χ2n) is 4.75. The average Bonchev–Trinajstić information content (AvgIpc) is 2.91. The van der Waals surface area contributed by atoms with Gasteiger partial charge in [0.1, 0.15) is 0 Å². The molecule has 0 spiro atoms. The lowest BCUT2D eigenvalue weighted by atomic mass is 10.1. The van der Waals surface area contributed by atoms with E-state index in [2.05, 4.69) is 26.1 Å². The van der Waals surface area contributed by atoms with Crippen LogP contribution in [-0.2, 0) is 12.8 Å². The van der Waals surface area contributed by atoms with Gasteiger partial charge in [0.15, 0.2) is 5.82 Å². The van der Waals surface area contributed by atoms with E-state index in [1.807, 2.05) is 48.5 Å². The Bertz CT molecular complexity index is 693. The number of benzene rings is 2. The smallest absolute Gasteiger partial charge is 0.231 e. The molecule has 0 aliphatic rings. The van der Waals surface area contributed by atoms with E-state index < -0.39 is 0 Å². The molecule has 5 heteroatoms. The summed E-state index contributed by atoms with van der Waals surface area (Å²) in [7, 11) is 0. The summed E-state index contributed by atoms with van der Waals surface area (Å²) in [5, 5.41) is 4.03. The van der Waals surface area contributed by atoms with E-state index in [9.17, 15) is 0 Å². The Morgan fingerprint density at radius 1 is 0.952 bits per heavy atom. The van der Waals surface area contributed by atoms with Crippen LogP contribution in [0.25, 0.3) is 0 Å². The molecule has 21 heavy (non-hydrogen) atoms. The summed E-state index contributed by atoms with van der Waals surface area (Å²) in [5.74, 6) is 1.25. The van der Waals surface area contributed by atoms with Crippen LogP contribution >= 0.6 is 15.9 Å². The van der Waals surface area contributed by atoms with Gasteiger partial charge in [-0.1, -0.05) is 57.5 Å². The predicted octanol–water partition coefficient (Wildman–Crippen LogP) is 3.60. The number of aromatic nitrogens is 2. The van der Waals surface area contributed by atoms with E-state index in [1.165, 1.54) is 0 Å². The molecule has 0 bridgehead atoms. The minimum absolute atomic E-state index is 0.551. The molecule has 0 fully saturated rings. The first-order valence-electron chi connectivity index (χ1n) is 6.60. The van der Waals surface area contributed by atoms with Gasteiger partial charge in [-0.05, 0) is 23.3 Å². The molecule has 0 amide bonds. The fraction of sp³-hybridized carbons (Fsp3) is 0.125. The summed E-state index contributed by atoms with van der Waals surface area (Å²) in [4.78, 5) is 4.43. The Morgan fingerprint density at radius 2 is 1.67 bits per heavy atom. The SMILES string of the molecule is Nc1ccccc1Cc1nc(Cc2ccccc2Br)no1. The molecule has 2 aromatic carbocycles. The third-order valence-corrected chi connectivity index (χ3v) is 3.99. The number of para-hydroxylation sites is 1. The maximum absolute atomic E-state index is 5.92. The fourth-order valence-electron chi connectivity index (χ4n) is 2.10. The molecule has 0 aliphatic carbocycles. The minimum Gasteiger partial charge on any atom is -0.398 e. The van der Waals surface area contributed by atoms with Gasteiger partial charge in [-0.2, -0.15) is 4.98 Å². The number of nitrogens with zero attached hydrogens (tertiary/aromatic N) is 2. The first kappa shape index (κ1) is 13.8. The van der Waals surface area contributed by atoms with Gasteiger partial charge < -0.3 is 10.3 Å². The Labute approximate surface area is 131 Å². The lowest BCUT2D eigenvalue weighted by molar-refractivity contribution is 0.380. The van der Waals surface area contributed by atoms with Crippen molar-refractivity contribution in [1.82, 2.24) is 10.1 Å². The quantitative estimate of drug-likeness (QED) is 0.735. The number of halogens is 1. The van der Waals surface area contributed by atoms with Crippen molar-refractivity contribution >= 4 is 21.6 Å². The molecule has 0 aliphatic heterocycles. The number of hydrogen-bond donors (Lipinski definition) is 1. The average molecular weight is 344 g/mol. The number of anilines is 1. The molecule has 1 aromatic heterocycles. The highest BCUT2D eigenvalue weighted by atomic mass is 79.9. The van der Waals surface area contributed by atoms with Gasteiger partial charge in [-0.3, -0.25) is 0 Å². The third-order valence-electron chi connectivity index (χ3n) is 3.21. The van der Waals surface area contributed by atoms with E-state index in [4.69, 9.17) is 10.3 Å². The largest absolute Gasteiger partial charge is 0.398 e. The van der Waals surface area contributed by atoms with Crippen LogP contribution in [0.2, 0.25) is 0 Å². The monoisotopic (exact) mass is 343 g/mol. The van der Waals surface area contributed by atoms with Crippen molar-refractivity contribution in [2.24, 2.45) is 0 Å². The molecule has 0 radical (unpaired) electrons. The molecule has 4 nitrogen and oxygen atoms in total. The summed E-state index contributed by atoms with van der Waals surface area (Å²) in [6.45, 7) is 0. The molecular weight excluding hydrogens is 330 g/mol. The second-order valence-corrected chi connectivity index (χ2v) is 5.60. The van der Waals surface area contributed by atoms with E-state index in [0.717, 1.165) is 21.3 Å². The van der Waals surface area contributed by atoms with Gasteiger partial charge in [-0.15, -0.1) is 0 Å². The van der Waals surface area contributed by atoms with Crippen molar-refractivity contribution in [3.05, 3.63) is 75.8 Å². The number of nitrogens with two attached hydrogens (primary N) is 1. The van der Waals surface area contributed by atoms with E-state index in [-0.39, 0.29) is 0 Å². The van der Waals surface area contributed by atoms with Crippen LogP contribution in [0.1, 0.15) is 22.8 Å². The van der Waals surface area contributed by atoms with Crippen molar-refractivity contribution in [3.8, 4) is 0 Å². The Morgan fingerprint density at radius 3 is 2.43 bits per heavy atom. The molecule has 3 aromatic rings. The molecule has 0 atom stereocenters. The van der Waals surface area contributed by atoms with Crippen molar-refractivity contribution in [2.45, 2.75) is 12.8 Å². The van der Waals surface area contributed by atoms with Gasteiger partial charge in [0.05, 0.1) is 6.42 Å². The number of nitrogen functional groups attached to an aromatic ring is 1. The highest BCUT2D eigenvalue weighted by molar-refractivity contribution is 9.10. The summed E-state index contributed by atoms with van der Waals surface area (Å²) in [6, 6.07) is 15.7. The molecule has 0 unspecified atom stereocenters. The topological polar surface area (TPSA) is 64.9 Å². The number of rotatable bonds is 4. The lowest BCUT2D eigenvalue weighted by Gasteiger charge is -2.01. The van der Waals surface area contributed by atoms with Gasteiger partial charge in [0, 0.05) is 16.6 Å². The summed E-state index contributed by atoms with van der Waals surface area (Å²) in [5.41, 5.74) is 8.78. The van der Waals surface area contributed by atoms with Crippen molar-refractivity contribution in [3.63, 3.8) is 0 Å². The number of hydrogen-bond acceptors (Lipinski definition) is 4. The maximum atomic E-state index is 5.92. The predicted molar refractivity (Wildman–Crippen MR) is 84.9 cm³/mol. The summed E-state index contributed by atoms with van der Waals surface area (Å²) >= 11 is 3.52. The Balaban J connectivity index is 1.75. The maximum Gasteiger partial charge on any atom is 0.231 e. The van der Waals surface area contributed by atoms with Crippen molar-refractivity contribution in [1.29, 1.82) is 0 Å². The molecule has 1 heterocycles. The molecular formula is C16H14BrN3O. The normalized spacial score (nSPS) is 10.7. The zero-order valence-corrected chi connectivity index (χ0v) is 12.9. The van der Waals surface area contributed by atoms with Crippen LogP contribution in [0.3, 0.4) is 0 Å². The van der Waals surface area contributed by atoms with E-state index in [0.29, 0.717) is 24.6 Å². The fourth-order valence-corrected chi connectivity index (χ4v) is 2.53. The molecule has 3 rings (SSSR count). The molecule has 2 N–H and O–H groups in total. The van der Waals surface area contributed by atoms with Crippen LogP contribution in [0, 0.1) is 0 Å². The summed E-state index contributed by atoms with van der Waals surface area (Å²) in [6.07, 6.45) is 1.19. The first-order chi connectivity index (χ1) is 10.2. The van der Waals surface area contributed by atoms with Gasteiger partial charge in [-0.25, -0.2) is 0 Å². The van der Waals surface area contributed by atoms with Crippen LogP contribution < -0.4 is 5.73 Å². The second kappa shape index (κ2) is 6.10. The van der Waals surface area contributed by atoms with Crippen LogP contribution in [0.15, 0.2) is 57.5 Å². The standard InChI is InChI=1S/C16H14BrN3O/c17-13-7-3-1-5-11(13)9-15-19-16(21-20-15)10-12-6-2-4-8-14(12)18/h1-8H,9-10,18H2. The van der Waals surface area contributed by atoms with Gasteiger partial charge in [0.2, 0.25) is 5.89 Å². The van der Waals surface area contributed by atoms with E-state index in [1.54, 1.807) is 0 Å². The lowest BCUT2D eigenvalue weighted by Crippen LogP contribution is -1.96. The van der Waals surface area contributed by atoms with Gasteiger partial charge in [0.25, 0.3) is 0 Å². The molecule has 0 saturated carbocycles. The highest BCUT2D eigenvalue weighted by Gasteiger charge is 2.10. The van der Waals surface area contributed by atoms with Crippen LogP contribution in [0.4, 0.5) is 5.69 Å². The van der Waals surface area contributed by atoms with Crippen molar-refractivity contribution < 1.29 is 4.52 Å². The first-order valence-corrected chi connectivity index (χ1v) is 7.40. The van der Waals surface area contributed by atoms with E-state index >= 15 is 0 Å². The molecule has 106 valence electrons. The zero-order valence-electron chi connectivity index (χ0n) is 11.3. The van der Waals surface area contributed by atoms with Crippen LogP contribution in [0.5, 0.6) is 0 Å². The Kier molecular flexibility index (Phi) is 4.01. The third kappa shape index (κ3) is 3.31. The zero-order chi connectivity index (χ0) is 14.7.